The lowest BCUT2D eigenvalue weighted by molar-refractivity contribution is -0.0393. The molecule has 1 saturated carbocycles. The van der Waals surface area contributed by atoms with E-state index in [9.17, 15) is 0 Å². The van der Waals surface area contributed by atoms with Gasteiger partial charge in [0.2, 0.25) is 0 Å². The molecule has 0 aromatic heterocycles. The fraction of sp³-hybridized carbons (Fsp3) is 0.667. The maximum atomic E-state index is 6.04. The van der Waals surface area contributed by atoms with Gasteiger partial charge in [0.15, 0.2) is 0 Å². The molecular formula is C18H28ClN. The SMILES string of the molecule is CCCNC1C(C)C(c2ccc(Cl)cc2)C1(CC)CC. The second-order valence-corrected chi connectivity index (χ2v) is 6.70. The minimum absolute atomic E-state index is 0.405. The third-order valence-corrected chi connectivity index (χ3v) is 5.70. The van der Waals surface area contributed by atoms with Gasteiger partial charge in [-0.25, -0.2) is 0 Å². The summed E-state index contributed by atoms with van der Waals surface area (Å²) < 4.78 is 0. The van der Waals surface area contributed by atoms with Gasteiger partial charge >= 0.3 is 0 Å². The van der Waals surface area contributed by atoms with Crippen LogP contribution in [0.4, 0.5) is 0 Å². The summed E-state index contributed by atoms with van der Waals surface area (Å²) in [4.78, 5) is 0. The Morgan fingerprint density at radius 3 is 2.20 bits per heavy atom. The van der Waals surface area contributed by atoms with Crippen molar-refractivity contribution in [3.8, 4) is 0 Å². The first-order valence-corrected chi connectivity index (χ1v) is 8.47. The van der Waals surface area contributed by atoms with Gasteiger partial charge in [-0.15, -0.1) is 0 Å². The van der Waals surface area contributed by atoms with E-state index in [4.69, 9.17) is 11.6 Å². The highest BCUT2D eigenvalue weighted by atomic mass is 35.5. The quantitative estimate of drug-likeness (QED) is 0.755. The van der Waals surface area contributed by atoms with Crippen LogP contribution in [0.3, 0.4) is 0 Å². The Morgan fingerprint density at radius 1 is 1.10 bits per heavy atom. The van der Waals surface area contributed by atoms with Crippen LogP contribution in [0.15, 0.2) is 24.3 Å². The molecule has 1 aromatic rings. The summed E-state index contributed by atoms with van der Waals surface area (Å²) in [6.45, 7) is 10.5. The number of hydrogen-bond acceptors (Lipinski definition) is 1. The summed E-state index contributed by atoms with van der Waals surface area (Å²) in [6.07, 6.45) is 3.68. The van der Waals surface area contributed by atoms with Crippen molar-refractivity contribution in [3.05, 3.63) is 34.9 Å². The van der Waals surface area contributed by atoms with Gasteiger partial charge in [0.25, 0.3) is 0 Å². The standard InChI is InChI=1S/C18H28ClN/c1-5-12-20-17-13(4)16(18(17,6-2)7-3)14-8-10-15(19)11-9-14/h8-11,13,16-17,20H,5-7,12H2,1-4H3. The van der Waals surface area contributed by atoms with Crippen LogP contribution >= 0.6 is 11.6 Å². The van der Waals surface area contributed by atoms with E-state index in [0.29, 0.717) is 23.3 Å². The molecule has 112 valence electrons. The largest absolute Gasteiger partial charge is 0.313 e. The number of halogens is 1. The van der Waals surface area contributed by atoms with Crippen molar-refractivity contribution in [2.75, 3.05) is 6.54 Å². The van der Waals surface area contributed by atoms with E-state index in [1.165, 1.54) is 24.8 Å². The second-order valence-electron chi connectivity index (χ2n) is 6.26. The lowest BCUT2D eigenvalue weighted by Crippen LogP contribution is -2.64. The lowest BCUT2D eigenvalue weighted by atomic mass is 9.46. The first kappa shape index (κ1) is 15.9. The van der Waals surface area contributed by atoms with E-state index < -0.39 is 0 Å². The second kappa shape index (κ2) is 6.49. The van der Waals surface area contributed by atoms with Gasteiger partial charge in [-0.1, -0.05) is 51.4 Å². The fourth-order valence-electron chi connectivity index (χ4n) is 4.44. The summed E-state index contributed by atoms with van der Waals surface area (Å²) in [5.41, 5.74) is 1.86. The van der Waals surface area contributed by atoms with Crippen molar-refractivity contribution in [2.24, 2.45) is 11.3 Å². The zero-order valence-electron chi connectivity index (χ0n) is 13.2. The summed E-state index contributed by atoms with van der Waals surface area (Å²) in [5, 5.41) is 4.63. The van der Waals surface area contributed by atoms with Crippen molar-refractivity contribution < 1.29 is 0 Å². The Hall–Kier alpha value is -0.530. The predicted octanol–water partition coefficient (Wildman–Crippen LogP) is 5.25. The summed E-state index contributed by atoms with van der Waals surface area (Å²) in [7, 11) is 0. The van der Waals surface area contributed by atoms with Crippen molar-refractivity contribution in [2.45, 2.75) is 58.9 Å². The average Bonchev–Trinajstić information content (AvgIpc) is 2.46. The molecule has 1 fully saturated rings. The third-order valence-electron chi connectivity index (χ3n) is 5.45. The minimum Gasteiger partial charge on any atom is -0.313 e. The Bertz CT molecular complexity index is 422. The van der Waals surface area contributed by atoms with Crippen molar-refractivity contribution in [1.29, 1.82) is 0 Å². The van der Waals surface area contributed by atoms with Gasteiger partial charge in [-0.3, -0.25) is 0 Å². The van der Waals surface area contributed by atoms with Gasteiger partial charge in [-0.05, 0) is 60.8 Å². The molecular weight excluding hydrogens is 266 g/mol. The first-order chi connectivity index (χ1) is 9.60. The molecule has 1 nitrogen and oxygen atoms in total. The fourth-order valence-corrected chi connectivity index (χ4v) is 4.56. The molecule has 0 spiro atoms. The van der Waals surface area contributed by atoms with Crippen LogP contribution in [0.1, 0.15) is 58.4 Å². The Kier molecular flexibility index (Phi) is 5.14. The predicted molar refractivity (Wildman–Crippen MR) is 88.5 cm³/mol. The molecule has 0 bridgehead atoms. The van der Waals surface area contributed by atoms with E-state index in [-0.39, 0.29) is 0 Å². The Balaban J connectivity index is 2.26. The highest BCUT2D eigenvalue weighted by Crippen LogP contribution is 2.60. The van der Waals surface area contributed by atoms with Crippen LogP contribution < -0.4 is 5.32 Å². The lowest BCUT2D eigenvalue weighted by Gasteiger charge is -2.61. The molecule has 3 unspecified atom stereocenters. The molecule has 1 aromatic carbocycles. The molecule has 20 heavy (non-hydrogen) atoms. The third kappa shape index (κ3) is 2.51. The van der Waals surface area contributed by atoms with Crippen LogP contribution in [0, 0.1) is 11.3 Å². The van der Waals surface area contributed by atoms with Gasteiger partial charge in [0.05, 0.1) is 0 Å². The minimum atomic E-state index is 0.405. The Labute approximate surface area is 129 Å². The molecule has 0 aliphatic heterocycles. The van der Waals surface area contributed by atoms with Crippen molar-refractivity contribution >= 4 is 11.6 Å². The smallest absolute Gasteiger partial charge is 0.0406 e. The summed E-state index contributed by atoms with van der Waals surface area (Å²) >= 11 is 6.04. The van der Waals surface area contributed by atoms with Crippen molar-refractivity contribution in [1.82, 2.24) is 5.32 Å². The maximum absolute atomic E-state index is 6.04. The molecule has 2 heteroatoms. The highest BCUT2D eigenvalue weighted by molar-refractivity contribution is 6.30. The highest BCUT2D eigenvalue weighted by Gasteiger charge is 2.57. The van der Waals surface area contributed by atoms with Crippen LogP contribution in [0.2, 0.25) is 5.02 Å². The van der Waals surface area contributed by atoms with Gasteiger partial charge in [0.1, 0.15) is 0 Å². The van der Waals surface area contributed by atoms with Crippen LogP contribution in [-0.4, -0.2) is 12.6 Å². The van der Waals surface area contributed by atoms with Gasteiger partial charge in [0, 0.05) is 11.1 Å². The van der Waals surface area contributed by atoms with E-state index in [1.54, 1.807) is 0 Å². The zero-order valence-corrected chi connectivity index (χ0v) is 14.0. The molecule has 3 atom stereocenters. The van der Waals surface area contributed by atoms with Crippen LogP contribution in [0.25, 0.3) is 0 Å². The van der Waals surface area contributed by atoms with E-state index in [1.807, 2.05) is 12.1 Å². The van der Waals surface area contributed by atoms with Crippen molar-refractivity contribution in [3.63, 3.8) is 0 Å². The molecule has 1 aliphatic carbocycles. The van der Waals surface area contributed by atoms with Gasteiger partial charge < -0.3 is 5.32 Å². The topological polar surface area (TPSA) is 12.0 Å². The molecule has 0 amide bonds. The number of hydrogen-bond donors (Lipinski definition) is 1. The van der Waals surface area contributed by atoms with Gasteiger partial charge in [-0.2, -0.15) is 0 Å². The number of rotatable bonds is 6. The first-order valence-electron chi connectivity index (χ1n) is 8.09. The molecule has 2 rings (SSSR count). The molecule has 0 saturated heterocycles. The number of nitrogens with one attached hydrogen (secondary N) is 1. The molecule has 1 N–H and O–H groups in total. The average molecular weight is 294 g/mol. The van der Waals surface area contributed by atoms with Crippen LogP contribution in [-0.2, 0) is 0 Å². The number of benzene rings is 1. The molecule has 0 heterocycles. The van der Waals surface area contributed by atoms with E-state index >= 15 is 0 Å². The Morgan fingerprint density at radius 2 is 1.70 bits per heavy atom. The summed E-state index contributed by atoms with van der Waals surface area (Å²) in [5.74, 6) is 1.35. The van der Waals surface area contributed by atoms with E-state index in [0.717, 1.165) is 11.6 Å². The molecule has 1 aliphatic rings. The summed E-state index contributed by atoms with van der Waals surface area (Å²) in [6, 6.07) is 9.16. The van der Waals surface area contributed by atoms with Crippen LogP contribution in [0.5, 0.6) is 0 Å². The monoisotopic (exact) mass is 293 g/mol. The van der Waals surface area contributed by atoms with E-state index in [2.05, 4.69) is 45.1 Å². The zero-order chi connectivity index (χ0) is 14.8. The molecule has 0 radical (unpaired) electrons. The maximum Gasteiger partial charge on any atom is 0.0406 e. The normalized spacial score (nSPS) is 28.1.